The summed E-state index contributed by atoms with van der Waals surface area (Å²) in [6, 6.07) is 0. The lowest BCUT2D eigenvalue weighted by Gasteiger charge is -2.40. The predicted octanol–water partition coefficient (Wildman–Crippen LogP) is 3.19. The van der Waals surface area contributed by atoms with E-state index in [4.69, 9.17) is 5.73 Å². The van der Waals surface area contributed by atoms with Crippen LogP contribution in [0.25, 0.3) is 0 Å². The average molecular weight is 280 g/mol. The summed E-state index contributed by atoms with van der Waals surface area (Å²) in [6.45, 7) is 7.11. The Bertz CT molecular complexity index is 449. The molecule has 1 aliphatic carbocycles. The molecule has 3 N–H and O–H groups in total. The van der Waals surface area contributed by atoms with Gasteiger partial charge in [0, 0.05) is 22.8 Å². The summed E-state index contributed by atoms with van der Waals surface area (Å²) in [5.41, 5.74) is 6.94. The first-order valence-electron chi connectivity index (χ1n) is 6.90. The van der Waals surface area contributed by atoms with E-state index in [0.717, 1.165) is 23.8 Å². The van der Waals surface area contributed by atoms with E-state index in [1.165, 1.54) is 19.3 Å². The lowest BCUT2D eigenvalue weighted by atomic mass is 9.84. The fraction of sp³-hybridized carbons (Fsp3) is 0.714. The van der Waals surface area contributed by atoms with Crippen molar-refractivity contribution in [2.75, 3.05) is 23.9 Å². The van der Waals surface area contributed by atoms with E-state index in [1.54, 1.807) is 0 Å². The van der Waals surface area contributed by atoms with Crippen LogP contribution in [-0.2, 0) is 0 Å². The summed E-state index contributed by atoms with van der Waals surface area (Å²) >= 11 is 1.96. The van der Waals surface area contributed by atoms with Crippen molar-refractivity contribution >= 4 is 23.4 Å². The first-order valence-corrected chi connectivity index (χ1v) is 8.13. The van der Waals surface area contributed by atoms with Crippen LogP contribution < -0.4 is 11.1 Å². The lowest BCUT2D eigenvalue weighted by molar-refractivity contribution is 0.379. The second-order valence-corrected chi connectivity index (χ2v) is 6.96. The van der Waals surface area contributed by atoms with Crippen molar-refractivity contribution in [2.24, 2.45) is 0 Å². The van der Waals surface area contributed by atoms with Gasteiger partial charge >= 0.3 is 0 Å². The van der Waals surface area contributed by atoms with Gasteiger partial charge in [0.2, 0.25) is 0 Å². The van der Waals surface area contributed by atoms with Crippen molar-refractivity contribution in [3.05, 3.63) is 11.4 Å². The van der Waals surface area contributed by atoms with Crippen molar-refractivity contribution in [1.82, 2.24) is 9.97 Å². The Morgan fingerprint density at radius 1 is 1.37 bits per heavy atom. The maximum atomic E-state index is 5.98. The van der Waals surface area contributed by atoms with Crippen LogP contribution in [0.1, 0.15) is 50.4 Å². The minimum atomic E-state index is 0.293. The molecule has 19 heavy (non-hydrogen) atoms. The Morgan fingerprint density at radius 3 is 2.53 bits per heavy atom. The molecule has 0 amide bonds. The van der Waals surface area contributed by atoms with Gasteiger partial charge in [-0.3, -0.25) is 0 Å². The molecule has 0 aromatic carbocycles. The molecule has 0 saturated heterocycles. The average Bonchev–Trinajstić information content (AvgIpc) is 2.32. The number of nitrogen functional groups attached to an aromatic ring is 1. The van der Waals surface area contributed by atoms with Gasteiger partial charge in [0.25, 0.3) is 0 Å². The van der Waals surface area contributed by atoms with Crippen LogP contribution in [0.4, 0.5) is 11.6 Å². The largest absolute Gasteiger partial charge is 0.383 e. The molecule has 0 unspecified atom stereocenters. The molecule has 2 rings (SSSR count). The molecule has 5 heteroatoms. The number of nitrogens with zero attached hydrogens (tertiary/aromatic N) is 2. The monoisotopic (exact) mass is 280 g/mol. The van der Waals surface area contributed by atoms with Gasteiger partial charge < -0.3 is 11.1 Å². The van der Waals surface area contributed by atoms with Crippen molar-refractivity contribution in [1.29, 1.82) is 0 Å². The molecule has 1 aromatic rings. The molecule has 0 bridgehead atoms. The third kappa shape index (κ3) is 2.96. The zero-order chi connectivity index (χ0) is 14.0. The molecule has 1 heterocycles. The number of anilines is 2. The van der Waals surface area contributed by atoms with Crippen molar-refractivity contribution in [3.63, 3.8) is 0 Å². The van der Waals surface area contributed by atoms with E-state index in [2.05, 4.69) is 35.4 Å². The zero-order valence-electron chi connectivity index (χ0n) is 12.3. The molecule has 1 aromatic heterocycles. The number of nitrogens with one attached hydrogen (secondary N) is 1. The third-order valence-electron chi connectivity index (χ3n) is 3.99. The van der Waals surface area contributed by atoms with E-state index in [9.17, 15) is 0 Å². The number of aromatic nitrogens is 2. The first kappa shape index (κ1) is 14.4. The van der Waals surface area contributed by atoms with Gasteiger partial charge in [-0.25, -0.2) is 9.97 Å². The molecule has 0 atom stereocenters. The Hall–Kier alpha value is -0.970. The normalized spacial score (nSPS) is 17.3. The number of hydrogen-bond donors (Lipinski definition) is 2. The van der Waals surface area contributed by atoms with E-state index >= 15 is 0 Å². The van der Waals surface area contributed by atoms with E-state index in [1.807, 2.05) is 18.7 Å². The third-order valence-corrected chi connectivity index (χ3v) is 5.41. The summed E-state index contributed by atoms with van der Waals surface area (Å²) in [4.78, 5) is 8.97. The Kier molecular flexibility index (Phi) is 4.23. The molecule has 1 aliphatic rings. The SMILES string of the molecule is CSC1(CNc2nc(C(C)C)nc(N)c2C)CCC1. The second-order valence-electron chi connectivity index (χ2n) is 5.69. The van der Waals surface area contributed by atoms with Gasteiger partial charge in [-0.2, -0.15) is 11.8 Å². The smallest absolute Gasteiger partial charge is 0.135 e. The van der Waals surface area contributed by atoms with Gasteiger partial charge in [-0.15, -0.1) is 0 Å². The Labute approximate surface area is 120 Å². The lowest BCUT2D eigenvalue weighted by Crippen LogP contribution is -2.40. The summed E-state index contributed by atoms with van der Waals surface area (Å²) in [5.74, 6) is 2.60. The molecule has 1 saturated carbocycles. The summed E-state index contributed by atoms with van der Waals surface area (Å²) in [5, 5.41) is 3.49. The highest BCUT2D eigenvalue weighted by Crippen LogP contribution is 2.42. The highest BCUT2D eigenvalue weighted by molar-refractivity contribution is 8.00. The zero-order valence-corrected chi connectivity index (χ0v) is 13.1. The summed E-state index contributed by atoms with van der Waals surface area (Å²) in [6.07, 6.45) is 6.11. The fourth-order valence-corrected chi connectivity index (χ4v) is 3.16. The standard InChI is InChI=1S/C14H24N4S/c1-9(2)12-17-11(15)10(3)13(18-12)16-8-14(19-4)6-5-7-14/h9H,5-8H2,1-4H3,(H3,15,16,17,18). The predicted molar refractivity (Wildman–Crippen MR) is 83.9 cm³/mol. The minimum Gasteiger partial charge on any atom is -0.383 e. The van der Waals surface area contributed by atoms with Crippen molar-refractivity contribution in [2.45, 2.75) is 50.7 Å². The van der Waals surface area contributed by atoms with Crippen LogP contribution in [0.15, 0.2) is 0 Å². The van der Waals surface area contributed by atoms with Crippen LogP contribution >= 0.6 is 11.8 Å². The minimum absolute atomic E-state index is 0.293. The maximum Gasteiger partial charge on any atom is 0.135 e. The molecule has 1 fully saturated rings. The molecule has 4 nitrogen and oxygen atoms in total. The number of rotatable bonds is 5. The molecular weight excluding hydrogens is 256 g/mol. The number of nitrogens with two attached hydrogens (primary N) is 1. The van der Waals surface area contributed by atoms with Gasteiger partial charge in [0.05, 0.1) is 0 Å². The summed E-state index contributed by atoms with van der Waals surface area (Å²) < 4.78 is 0.393. The van der Waals surface area contributed by atoms with Crippen molar-refractivity contribution in [3.8, 4) is 0 Å². The van der Waals surface area contributed by atoms with Gasteiger partial charge in [-0.1, -0.05) is 20.3 Å². The molecule has 0 spiro atoms. The van der Waals surface area contributed by atoms with Crippen LogP contribution in [0.2, 0.25) is 0 Å². The highest BCUT2D eigenvalue weighted by atomic mass is 32.2. The Morgan fingerprint density at radius 2 is 2.05 bits per heavy atom. The molecule has 0 aliphatic heterocycles. The molecular formula is C14H24N4S. The molecule has 106 valence electrons. The first-order chi connectivity index (χ1) is 8.97. The van der Waals surface area contributed by atoms with E-state index < -0.39 is 0 Å². The Balaban J connectivity index is 2.15. The van der Waals surface area contributed by atoms with E-state index in [0.29, 0.717) is 16.5 Å². The number of thioether (sulfide) groups is 1. The molecule has 0 radical (unpaired) electrons. The maximum absolute atomic E-state index is 5.98. The van der Waals surface area contributed by atoms with Gasteiger partial charge in [0.15, 0.2) is 0 Å². The van der Waals surface area contributed by atoms with Gasteiger partial charge in [-0.05, 0) is 26.0 Å². The second kappa shape index (κ2) is 5.57. The fourth-order valence-electron chi connectivity index (χ4n) is 2.25. The highest BCUT2D eigenvalue weighted by Gasteiger charge is 2.36. The van der Waals surface area contributed by atoms with Crippen LogP contribution in [0.5, 0.6) is 0 Å². The topological polar surface area (TPSA) is 63.8 Å². The quantitative estimate of drug-likeness (QED) is 0.867. The van der Waals surface area contributed by atoms with Crippen LogP contribution in [-0.4, -0.2) is 27.5 Å². The van der Waals surface area contributed by atoms with Crippen LogP contribution in [0, 0.1) is 6.92 Å². The van der Waals surface area contributed by atoms with Crippen molar-refractivity contribution < 1.29 is 0 Å². The summed E-state index contributed by atoms with van der Waals surface area (Å²) in [7, 11) is 0. The van der Waals surface area contributed by atoms with Gasteiger partial charge in [0.1, 0.15) is 17.5 Å². The van der Waals surface area contributed by atoms with E-state index in [-0.39, 0.29) is 0 Å². The van der Waals surface area contributed by atoms with Crippen LogP contribution in [0.3, 0.4) is 0 Å². The number of hydrogen-bond acceptors (Lipinski definition) is 5.